The highest BCUT2D eigenvalue weighted by Gasteiger charge is 2.42. The maximum absolute atomic E-state index is 13.4. The summed E-state index contributed by atoms with van der Waals surface area (Å²) < 4.78 is 27.7. The van der Waals surface area contributed by atoms with Crippen molar-refractivity contribution in [2.75, 3.05) is 11.9 Å². The van der Waals surface area contributed by atoms with Gasteiger partial charge in [0.15, 0.2) is 0 Å². The lowest BCUT2D eigenvalue weighted by Gasteiger charge is -2.24. The van der Waals surface area contributed by atoms with E-state index in [1.807, 2.05) is 36.6 Å². The second-order valence-corrected chi connectivity index (χ2v) is 12.1. The normalized spacial score (nSPS) is 23.5. The third-order valence-corrected chi connectivity index (χ3v) is 8.26. The van der Waals surface area contributed by atoms with Crippen LogP contribution in [0.3, 0.4) is 0 Å². The molecule has 5 atom stereocenters. The summed E-state index contributed by atoms with van der Waals surface area (Å²) in [7, 11) is -4.19. The van der Waals surface area contributed by atoms with Gasteiger partial charge in [0, 0.05) is 16.6 Å². The summed E-state index contributed by atoms with van der Waals surface area (Å²) in [6.07, 6.45) is 0.245. The van der Waals surface area contributed by atoms with Crippen molar-refractivity contribution in [3.63, 3.8) is 0 Å². The van der Waals surface area contributed by atoms with E-state index in [2.05, 4.69) is 35.4 Å². The van der Waals surface area contributed by atoms with Gasteiger partial charge in [-0.25, -0.2) is 15.1 Å². The molecule has 11 nitrogen and oxygen atoms in total. The molecule has 37 heavy (non-hydrogen) atoms. The van der Waals surface area contributed by atoms with Gasteiger partial charge in [-0.15, -0.1) is 11.3 Å². The summed E-state index contributed by atoms with van der Waals surface area (Å²) in [5, 5.41) is 30.5. The summed E-state index contributed by atoms with van der Waals surface area (Å²) in [4.78, 5) is 22.0. The summed E-state index contributed by atoms with van der Waals surface area (Å²) in [5.41, 5.74) is 7.61. The first kappa shape index (κ1) is 27.7. The Kier molecular flexibility index (Phi) is 8.11. The molecule has 1 aromatic carbocycles. The monoisotopic (exact) mass is 611 g/mol. The number of nitrogens with two attached hydrogens (primary N) is 2. The van der Waals surface area contributed by atoms with Crippen LogP contribution in [0.5, 0.6) is 0 Å². The number of anilines is 1. The molecular weight excluding hydrogens is 586 g/mol. The summed E-state index contributed by atoms with van der Waals surface area (Å²) in [6.45, 7) is 1.48. The molecule has 0 bridgehead atoms. The molecule has 2 aromatic heterocycles. The number of aromatic nitrogens is 2. The third kappa shape index (κ3) is 6.23. The lowest BCUT2D eigenvalue weighted by Crippen LogP contribution is -2.36. The van der Waals surface area contributed by atoms with E-state index in [-0.39, 0.29) is 23.6 Å². The highest BCUT2D eigenvalue weighted by atomic mass is 79.9. The molecule has 0 amide bonds. The number of halogens is 1. The Labute approximate surface area is 226 Å². The largest absolute Gasteiger partial charge is 0.390 e. The zero-order chi connectivity index (χ0) is 27.0. The highest BCUT2D eigenvalue weighted by Crippen LogP contribution is 2.34. The van der Waals surface area contributed by atoms with Gasteiger partial charge in [0.1, 0.15) is 18.2 Å². The summed E-state index contributed by atoms with van der Waals surface area (Å²) >= 11 is 4.70. The molecule has 1 aliphatic carbocycles. The van der Waals surface area contributed by atoms with Crippen LogP contribution < -0.4 is 16.2 Å². The lowest BCUT2D eigenvalue weighted by molar-refractivity contribution is 0.00778. The quantitative estimate of drug-likeness (QED) is 0.221. The molecule has 1 saturated carbocycles. The van der Waals surface area contributed by atoms with Crippen molar-refractivity contribution in [1.29, 1.82) is 0 Å². The standard InChI is InChI=1S/C23H26BrN5O6S2/c1-23(25,13-3-2-4-15(24)6-13)14-7-18(36-10-14)20(31)16-8-27-11-28-22(16)29-17-5-12(19(30)21(17)32)9-35-37(26,33)34/h2-4,6-8,10-12,17,19,21,30,32H,5,9,25H2,1H3,(H2,26,33,34)(H,27,28,29)/t12-,17-,19-,21+,23+/m1/s1. The van der Waals surface area contributed by atoms with Crippen molar-refractivity contribution >= 4 is 49.2 Å². The lowest BCUT2D eigenvalue weighted by atomic mass is 9.87. The van der Waals surface area contributed by atoms with Crippen LogP contribution in [0.15, 0.2) is 52.7 Å². The number of benzene rings is 1. The van der Waals surface area contributed by atoms with E-state index in [0.717, 1.165) is 15.6 Å². The third-order valence-electron chi connectivity index (χ3n) is 6.37. The van der Waals surface area contributed by atoms with Crippen molar-refractivity contribution < 1.29 is 27.6 Å². The molecule has 3 aromatic rings. The van der Waals surface area contributed by atoms with Crippen LogP contribution >= 0.6 is 27.3 Å². The molecule has 0 aliphatic heterocycles. The molecule has 4 rings (SSSR count). The Morgan fingerprint density at radius 3 is 2.76 bits per heavy atom. The maximum atomic E-state index is 13.4. The predicted molar refractivity (Wildman–Crippen MR) is 141 cm³/mol. The minimum atomic E-state index is -4.19. The molecule has 198 valence electrons. The van der Waals surface area contributed by atoms with Crippen LogP contribution in [0.2, 0.25) is 0 Å². The van der Waals surface area contributed by atoms with Gasteiger partial charge in [-0.05, 0) is 48.1 Å². The summed E-state index contributed by atoms with van der Waals surface area (Å²) in [6, 6.07) is 8.64. The van der Waals surface area contributed by atoms with Gasteiger partial charge in [0.2, 0.25) is 5.78 Å². The van der Waals surface area contributed by atoms with Gasteiger partial charge in [-0.2, -0.15) is 8.42 Å². The van der Waals surface area contributed by atoms with E-state index in [4.69, 9.17) is 10.9 Å². The van der Waals surface area contributed by atoms with E-state index in [1.54, 1.807) is 6.07 Å². The Balaban J connectivity index is 1.53. The number of carbonyl (C=O) groups excluding carboxylic acids is 1. The van der Waals surface area contributed by atoms with Gasteiger partial charge in [-0.1, -0.05) is 28.1 Å². The Bertz CT molecular complexity index is 1400. The molecule has 0 spiro atoms. The molecule has 1 fully saturated rings. The van der Waals surface area contributed by atoms with Crippen LogP contribution in [0.1, 0.15) is 39.7 Å². The fourth-order valence-electron chi connectivity index (χ4n) is 4.24. The first-order valence-corrected chi connectivity index (χ1v) is 14.3. The van der Waals surface area contributed by atoms with Crippen LogP contribution in [0.25, 0.3) is 0 Å². The Morgan fingerprint density at radius 2 is 2.05 bits per heavy atom. The number of nitrogens with one attached hydrogen (secondary N) is 1. The van der Waals surface area contributed by atoms with Crippen molar-refractivity contribution in [3.05, 3.63) is 74.3 Å². The first-order chi connectivity index (χ1) is 17.4. The van der Waals surface area contributed by atoms with E-state index in [1.165, 1.54) is 23.9 Å². The summed E-state index contributed by atoms with van der Waals surface area (Å²) in [5.74, 6) is -0.875. The van der Waals surface area contributed by atoms with Gasteiger partial charge >= 0.3 is 10.3 Å². The average Bonchev–Trinajstić information content (AvgIpc) is 3.44. The number of thiophene rings is 1. The predicted octanol–water partition coefficient (Wildman–Crippen LogP) is 1.50. The number of ketones is 1. The molecule has 1 aliphatic rings. The molecule has 14 heteroatoms. The molecule has 2 heterocycles. The van der Waals surface area contributed by atoms with Gasteiger partial charge in [-0.3, -0.25) is 8.98 Å². The van der Waals surface area contributed by atoms with Crippen molar-refractivity contribution in [3.8, 4) is 0 Å². The van der Waals surface area contributed by atoms with Gasteiger partial charge in [0.25, 0.3) is 0 Å². The average molecular weight is 613 g/mol. The first-order valence-electron chi connectivity index (χ1n) is 11.2. The molecule has 0 saturated heterocycles. The van der Waals surface area contributed by atoms with Crippen LogP contribution in [0.4, 0.5) is 5.82 Å². The molecule has 7 N–H and O–H groups in total. The van der Waals surface area contributed by atoms with Crippen LogP contribution in [0, 0.1) is 5.92 Å². The number of carbonyl (C=O) groups is 1. The van der Waals surface area contributed by atoms with E-state index < -0.39 is 46.6 Å². The van der Waals surface area contributed by atoms with Crippen molar-refractivity contribution in [2.24, 2.45) is 16.8 Å². The Morgan fingerprint density at radius 1 is 1.30 bits per heavy atom. The van der Waals surface area contributed by atoms with Crippen molar-refractivity contribution in [1.82, 2.24) is 9.97 Å². The number of hydrogen-bond acceptors (Lipinski definition) is 11. The van der Waals surface area contributed by atoms with E-state index in [0.29, 0.717) is 4.88 Å². The number of hydrogen-bond donors (Lipinski definition) is 5. The number of aliphatic hydroxyl groups excluding tert-OH is 2. The fourth-order valence-corrected chi connectivity index (χ4v) is 5.98. The molecular formula is C23H26BrN5O6S2. The Hall–Kier alpha value is -2.30. The maximum Gasteiger partial charge on any atom is 0.333 e. The fraction of sp³-hybridized carbons (Fsp3) is 0.348. The molecule has 0 unspecified atom stereocenters. The number of aliphatic hydroxyl groups is 2. The molecule has 0 radical (unpaired) electrons. The second-order valence-electron chi connectivity index (χ2n) is 9.03. The number of nitrogens with zero attached hydrogens (tertiary/aromatic N) is 2. The van der Waals surface area contributed by atoms with Crippen molar-refractivity contribution in [2.45, 2.75) is 37.1 Å². The van der Waals surface area contributed by atoms with Gasteiger partial charge in [0.05, 0.1) is 34.7 Å². The number of rotatable bonds is 9. The van der Waals surface area contributed by atoms with E-state index >= 15 is 0 Å². The minimum absolute atomic E-state index is 0.150. The minimum Gasteiger partial charge on any atom is -0.390 e. The SMILES string of the molecule is C[C@](N)(c1cccc(Br)c1)c1csc(C(=O)c2cncnc2N[C@@H]2C[C@H](COS(N)(=O)=O)[C@@H](O)[C@H]2O)c1. The zero-order valence-corrected chi connectivity index (χ0v) is 22.8. The smallest absolute Gasteiger partial charge is 0.333 e. The zero-order valence-electron chi connectivity index (χ0n) is 19.6. The topological polar surface area (TPSA) is 191 Å². The highest BCUT2D eigenvalue weighted by molar-refractivity contribution is 9.10. The second kappa shape index (κ2) is 10.8. The van der Waals surface area contributed by atoms with E-state index in [9.17, 15) is 23.4 Å². The van der Waals surface area contributed by atoms with Crippen LogP contribution in [-0.4, -0.2) is 59.2 Å². The van der Waals surface area contributed by atoms with Crippen LogP contribution in [-0.2, 0) is 20.0 Å². The van der Waals surface area contributed by atoms with Gasteiger partial charge < -0.3 is 21.3 Å².